The van der Waals surface area contributed by atoms with Crippen LogP contribution >= 0.6 is 11.8 Å². The predicted molar refractivity (Wildman–Crippen MR) is 82.4 cm³/mol. The second kappa shape index (κ2) is 5.31. The first-order valence-electron chi connectivity index (χ1n) is 7.38. The van der Waals surface area contributed by atoms with Crippen LogP contribution in [0.3, 0.4) is 0 Å². The Labute approximate surface area is 136 Å². The average molecular weight is 336 g/mol. The number of ether oxygens (including phenoxy) is 2. The molecule has 1 aromatic rings. The van der Waals surface area contributed by atoms with Gasteiger partial charge in [-0.25, -0.2) is 4.79 Å². The molecule has 3 heterocycles. The van der Waals surface area contributed by atoms with Gasteiger partial charge in [0.2, 0.25) is 6.79 Å². The number of benzene rings is 1. The molecule has 4 rings (SSSR count). The molecule has 2 saturated heterocycles. The van der Waals surface area contributed by atoms with Gasteiger partial charge in [-0.15, -0.1) is 0 Å². The van der Waals surface area contributed by atoms with E-state index >= 15 is 0 Å². The van der Waals surface area contributed by atoms with E-state index < -0.39 is 17.7 Å². The second-order valence-electron chi connectivity index (χ2n) is 5.86. The van der Waals surface area contributed by atoms with Crippen LogP contribution in [0.5, 0.6) is 11.5 Å². The zero-order chi connectivity index (χ0) is 16.0. The van der Waals surface area contributed by atoms with Crippen molar-refractivity contribution in [2.24, 2.45) is 0 Å². The Morgan fingerprint density at radius 2 is 2.17 bits per heavy atom. The molecule has 3 aliphatic rings. The number of imide groups is 1. The Bertz CT molecular complexity index is 674. The van der Waals surface area contributed by atoms with Crippen LogP contribution in [0.25, 0.3) is 0 Å². The molecule has 7 nitrogen and oxygen atoms in total. The van der Waals surface area contributed by atoms with Crippen molar-refractivity contribution in [3.8, 4) is 11.5 Å². The summed E-state index contributed by atoms with van der Waals surface area (Å²) in [6.45, 7) is 0.0822. The smallest absolute Gasteiger partial charge is 0.325 e. The minimum atomic E-state index is -0.969. The summed E-state index contributed by atoms with van der Waals surface area (Å²) in [4.78, 5) is 25.8. The third-order valence-electron chi connectivity index (χ3n) is 4.40. The van der Waals surface area contributed by atoms with Gasteiger partial charge < -0.3 is 19.9 Å². The molecule has 1 aromatic carbocycles. The van der Waals surface area contributed by atoms with Crippen molar-refractivity contribution in [2.45, 2.75) is 18.1 Å². The van der Waals surface area contributed by atoms with Crippen LogP contribution in [0.15, 0.2) is 18.2 Å². The van der Waals surface area contributed by atoms with Crippen molar-refractivity contribution in [3.05, 3.63) is 23.8 Å². The lowest BCUT2D eigenvalue weighted by molar-refractivity contribution is -0.131. The summed E-state index contributed by atoms with van der Waals surface area (Å²) < 4.78 is 10.5. The lowest BCUT2D eigenvalue weighted by Crippen LogP contribution is -2.47. The van der Waals surface area contributed by atoms with Gasteiger partial charge in [0.25, 0.3) is 5.91 Å². The Kier molecular flexibility index (Phi) is 3.38. The number of carbonyl (C=O) groups is 2. The number of aliphatic hydroxyl groups is 1. The van der Waals surface area contributed by atoms with E-state index in [0.717, 1.165) is 10.7 Å². The van der Waals surface area contributed by atoms with E-state index in [4.69, 9.17) is 9.47 Å². The highest BCUT2D eigenvalue weighted by atomic mass is 32.2. The number of rotatable bonds is 3. The molecule has 2 fully saturated rings. The molecule has 0 bridgehead atoms. The molecule has 3 amide bonds. The van der Waals surface area contributed by atoms with Crippen LogP contribution in [0.1, 0.15) is 18.1 Å². The zero-order valence-corrected chi connectivity index (χ0v) is 13.1. The summed E-state index contributed by atoms with van der Waals surface area (Å²) in [5.74, 6) is 2.38. The first kappa shape index (κ1) is 14.6. The number of fused-ring (bicyclic) bond motifs is 1. The molecule has 23 heavy (non-hydrogen) atoms. The Balaban J connectivity index is 1.51. The molecule has 0 unspecified atom stereocenters. The normalized spacial score (nSPS) is 26.9. The highest BCUT2D eigenvalue weighted by Crippen LogP contribution is 2.36. The van der Waals surface area contributed by atoms with E-state index in [1.807, 2.05) is 0 Å². The first-order valence-corrected chi connectivity index (χ1v) is 8.54. The predicted octanol–water partition coefficient (Wildman–Crippen LogP) is 0.876. The van der Waals surface area contributed by atoms with Crippen LogP contribution < -0.4 is 14.8 Å². The van der Waals surface area contributed by atoms with E-state index in [2.05, 4.69) is 5.32 Å². The van der Waals surface area contributed by atoms with Crippen LogP contribution in [0, 0.1) is 0 Å². The summed E-state index contributed by atoms with van der Waals surface area (Å²) in [5, 5.41) is 13.2. The molecule has 0 aromatic heterocycles. The molecule has 3 aliphatic heterocycles. The molecule has 1 spiro atoms. The van der Waals surface area contributed by atoms with Gasteiger partial charge in [0, 0.05) is 5.75 Å². The van der Waals surface area contributed by atoms with Gasteiger partial charge in [0.1, 0.15) is 5.54 Å². The Hall–Kier alpha value is -1.93. The third-order valence-corrected chi connectivity index (χ3v) is 5.59. The largest absolute Gasteiger partial charge is 0.454 e. The number of urea groups is 1. The van der Waals surface area contributed by atoms with Gasteiger partial charge in [-0.3, -0.25) is 9.69 Å². The van der Waals surface area contributed by atoms with Crippen molar-refractivity contribution in [1.82, 2.24) is 10.2 Å². The minimum absolute atomic E-state index is 0.0727. The van der Waals surface area contributed by atoms with E-state index in [0.29, 0.717) is 29.2 Å². The minimum Gasteiger partial charge on any atom is -0.454 e. The Morgan fingerprint density at radius 3 is 2.96 bits per heavy atom. The van der Waals surface area contributed by atoms with Crippen molar-refractivity contribution >= 4 is 23.7 Å². The lowest BCUT2D eigenvalue weighted by atomic mass is 9.99. The van der Waals surface area contributed by atoms with Gasteiger partial charge >= 0.3 is 6.03 Å². The molecule has 8 heteroatoms. The van der Waals surface area contributed by atoms with Crippen LogP contribution in [-0.4, -0.2) is 52.3 Å². The quantitative estimate of drug-likeness (QED) is 0.797. The molecular formula is C15H16N2O5S. The summed E-state index contributed by atoms with van der Waals surface area (Å²) >= 11 is 1.65. The standard InChI is InChI=1S/C15H16N2O5S/c18-10(9-1-2-11-12(5-9)22-8-21-11)6-17-13(19)15(16-14(17)20)3-4-23-7-15/h1-2,5,10,18H,3-4,6-8H2,(H,16,20)/t10-,15-/m0/s1. The van der Waals surface area contributed by atoms with E-state index in [1.165, 1.54) is 0 Å². The second-order valence-corrected chi connectivity index (χ2v) is 6.96. The van der Waals surface area contributed by atoms with Crippen molar-refractivity contribution in [1.29, 1.82) is 0 Å². The number of nitrogens with one attached hydrogen (secondary N) is 1. The van der Waals surface area contributed by atoms with Crippen LogP contribution in [0.4, 0.5) is 4.79 Å². The summed E-state index contributed by atoms with van der Waals surface area (Å²) in [5.41, 5.74) is -0.201. The van der Waals surface area contributed by atoms with Crippen LogP contribution in [-0.2, 0) is 4.79 Å². The number of hydrogen-bond acceptors (Lipinski definition) is 6. The maximum absolute atomic E-state index is 12.6. The fraction of sp³-hybridized carbons (Fsp3) is 0.467. The molecule has 122 valence electrons. The topological polar surface area (TPSA) is 88.1 Å². The van der Waals surface area contributed by atoms with Crippen molar-refractivity contribution < 1.29 is 24.2 Å². The van der Waals surface area contributed by atoms with Gasteiger partial charge in [-0.2, -0.15) is 11.8 Å². The monoisotopic (exact) mass is 336 g/mol. The summed E-state index contributed by atoms with van der Waals surface area (Å²) in [6.07, 6.45) is -0.331. The van der Waals surface area contributed by atoms with Crippen molar-refractivity contribution in [2.75, 3.05) is 24.8 Å². The van der Waals surface area contributed by atoms with Crippen molar-refractivity contribution in [3.63, 3.8) is 0 Å². The zero-order valence-electron chi connectivity index (χ0n) is 12.3. The maximum Gasteiger partial charge on any atom is 0.325 e. The number of hydrogen-bond donors (Lipinski definition) is 2. The summed E-state index contributed by atoms with van der Waals surface area (Å²) in [6, 6.07) is 4.66. The first-order chi connectivity index (χ1) is 11.1. The number of carbonyl (C=O) groups excluding carboxylic acids is 2. The van der Waals surface area contributed by atoms with E-state index in [-0.39, 0.29) is 19.2 Å². The maximum atomic E-state index is 12.6. The Morgan fingerprint density at radius 1 is 1.35 bits per heavy atom. The summed E-state index contributed by atoms with van der Waals surface area (Å²) in [7, 11) is 0. The highest BCUT2D eigenvalue weighted by Gasteiger charge is 2.53. The van der Waals surface area contributed by atoms with Gasteiger partial charge in [-0.05, 0) is 29.9 Å². The highest BCUT2D eigenvalue weighted by molar-refractivity contribution is 7.99. The molecule has 0 aliphatic carbocycles. The molecule has 2 atom stereocenters. The number of β-amino-alcohol motifs (C(OH)–C–C–N with tert-alkyl or cyclic N) is 1. The number of amides is 3. The van der Waals surface area contributed by atoms with Gasteiger partial charge in [0.05, 0.1) is 12.6 Å². The lowest BCUT2D eigenvalue weighted by Gasteiger charge is -2.21. The molecule has 0 saturated carbocycles. The van der Waals surface area contributed by atoms with Crippen LogP contribution in [0.2, 0.25) is 0 Å². The van der Waals surface area contributed by atoms with Gasteiger partial charge in [0.15, 0.2) is 11.5 Å². The molecule has 2 N–H and O–H groups in total. The van der Waals surface area contributed by atoms with Gasteiger partial charge in [-0.1, -0.05) is 6.07 Å². The molecular weight excluding hydrogens is 320 g/mol. The van der Waals surface area contributed by atoms with E-state index in [9.17, 15) is 14.7 Å². The SMILES string of the molecule is O=C1N[C@]2(CCSC2)C(=O)N1C[C@H](O)c1ccc2c(c1)OCO2. The number of aliphatic hydroxyl groups excluding tert-OH is 1. The molecule has 0 radical (unpaired) electrons. The third kappa shape index (κ3) is 2.33. The average Bonchev–Trinajstić information content (AvgIpc) is 3.24. The fourth-order valence-electron chi connectivity index (χ4n) is 3.07. The fourth-order valence-corrected chi connectivity index (χ4v) is 4.40. The number of thioether (sulfide) groups is 1. The number of nitrogens with zero attached hydrogens (tertiary/aromatic N) is 1. The van der Waals surface area contributed by atoms with E-state index in [1.54, 1.807) is 30.0 Å².